The maximum absolute atomic E-state index is 10.8. The fraction of sp³-hybridized carbons (Fsp3) is 0.0769. The normalized spacial score (nSPS) is 11.8. The zero-order valence-corrected chi connectivity index (χ0v) is 10.2. The second kappa shape index (κ2) is 5.45. The summed E-state index contributed by atoms with van der Waals surface area (Å²) in [6.45, 7) is 0. The molecular weight excluding hydrogens is 264 g/mol. The molecule has 0 saturated heterocycles. The summed E-state index contributed by atoms with van der Waals surface area (Å²) in [5.74, 6) is 0. The van der Waals surface area contributed by atoms with Crippen LogP contribution < -0.4 is 0 Å². The van der Waals surface area contributed by atoms with Crippen molar-refractivity contribution < 1.29 is 15.0 Å². The summed E-state index contributed by atoms with van der Waals surface area (Å²) in [6, 6.07) is 11.5. The molecule has 0 aliphatic carbocycles. The van der Waals surface area contributed by atoms with Crippen LogP contribution in [0.3, 0.4) is 0 Å². The molecule has 0 aliphatic heterocycles. The van der Waals surface area contributed by atoms with Crippen LogP contribution in [0.25, 0.3) is 0 Å². The molecule has 102 valence electrons. The van der Waals surface area contributed by atoms with Gasteiger partial charge in [-0.3, -0.25) is 20.2 Å². The SMILES string of the molecule is O=[N+]([O-])c1cc(C(O)c2ccccc2)cc([N+](=O)[O-])c1. The third kappa shape index (κ3) is 2.78. The van der Waals surface area contributed by atoms with Crippen molar-refractivity contribution in [3.8, 4) is 0 Å². The third-order valence-corrected chi connectivity index (χ3v) is 2.78. The Labute approximate surface area is 113 Å². The minimum absolute atomic E-state index is 0.108. The Balaban J connectivity index is 2.50. The van der Waals surface area contributed by atoms with Crippen molar-refractivity contribution in [2.75, 3.05) is 0 Å². The predicted molar refractivity (Wildman–Crippen MR) is 70.3 cm³/mol. The molecule has 7 nitrogen and oxygen atoms in total. The molecule has 0 fully saturated rings. The largest absolute Gasteiger partial charge is 0.384 e. The van der Waals surface area contributed by atoms with Gasteiger partial charge in [-0.05, 0) is 11.1 Å². The van der Waals surface area contributed by atoms with E-state index in [-0.39, 0.29) is 5.56 Å². The minimum atomic E-state index is -1.16. The van der Waals surface area contributed by atoms with Gasteiger partial charge in [-0.15, -0.1) is 0 Å². The van der Waals surface area contributed by atoms with Gasteiger partial charge in [-0.25, -0.2) is 0 Å². The molecule has 1 atom stereocenters. The molecule has 20 heavy (non-hydrogen) atoms. The van der Waals surface area contributed by atoms with Crippen LogP contribution in [0.1, 0.15) is 17.2 Å². The van der Waals surface area contributed by atoms with Gasteiger partial charge < -0.3 is 5.11 Å². The lowest BCUT2D eigenvalue weighted by atomic mass is 10.0. The highest BCUT2D eigenvalue weighted by Crippen LogP contribution is 2.29. The Kier molecular flexibility index (Phi) is 3.72. The van der Waals surface area contributed by atoms with Gasteiger partial charge in [0.25, 0.3) is 11.4 Å². The third-order valence-electron chi connectivity index (χ3n) is 2.78. The number of nitro groups is 2. The second-order valence-corrected chi connectivity index (χ2v) is 4.11. The molecule has 1 N–H and O–H groups in total. The van der Waals surface area contributed by atoms with Crippen molar-refractivity contribution in [1.82, 2.24) is 0 Å². The number of rotatable bonds is 4. The quantitative estimate of drug-likeness (QED) is 0.681. The van der Waals surface area contributed by atoms with Gasteiger partial charge in [-0.2, -0.15) is 0 Å². The number of hydrogen-bond acceptors (Lipinski definition) is 5. The highest BCUT2D eigenvalue weighted by atomic mass is 16.6. The van der Waals surface area contributed by atoms with Crippen molar-refractivity contribution >= 4 is 11.4 Å². The molecule has 7 heteroatoms. The van der Waals surface area contributed by atoms with E-state index in [1.165, 1.54) is 0 Å². The lowest BCUT2D eigenvalue weighted by Gasteiger charge is -2.11. The Morgan fingerprint density at radius 3 is 1.80 bits per heavy atom. The van der Waals surface area contributed by atoms with Gasteiger partial charge in [0.1, 0.15) is 6.10 Å². The molecule has 0 aliphatic rings. The zero-order valence-electron chi connectivity index (χ0n) is 10.2. The first-order valence-corrected chi connectivity index (χ1v) is 5.66. The molecule has 0 amide bonds. The van der Waals surface area contributed by atoms with Crippen LogP contribution in [0.4, 0.5) is 11.4 Å². The van der Waals surface area contributed by atoms with Crippen molar-refractivity contribution in [1.29, 1.82) is 0 Å². The first-order valence-electron chi connectivity index (χ1n) is 5.66. The van der Waals surface area contributed by atoms with E-state index in [0.717, 1.165) is 18.2 Å². The van der Waals surface area contributed by atoms with Gasteiger partial charge in [0.2, 0.25) is 0 Å². The molecule has 1 unspecified atom stereocenters. The van der Waals surface area contributed by atoms with Crippen LogP contribution in [-0.2, 0) is 0 Å². The number of hydrogen-bond donors (Lipinski definition) is 1. The zero-order chi connectivity index (χ0) is 14.7. The Morgan fingerprint density at radius 1 is 0.850 bits per heavy atom. The molecule has 0 bridgehead atoms. The molecule has 0 saturated carbocycles. The van der Waals surface area contributed by atoms with Crippen molar-refractivity contribution in [3.05, 3.63) is 79.9 Å². The van der Waals surface area contributed by atoms with E-state index in [0.29, 0.717) is 5.56 Å². The molecular formula is C13H10N2O5. The van der Waals surface area contributed by atoms with Crippen LogP contribution in [0.2, 0.25) is 0 Å². The maximum atomic E-state index is 10.8. The Morgan fingerprint density at radius 2 is 1.35 bits per heavy atom. The molecule has 0 spiro atoms. The van der Waals surface area contributed by atoms with Gasteiger partial charge in [0.15, 0.2) is 0 Å². The second-order valence-electron chi connectivity index (χ2n) is 4.11. The number of benzene rings is 2. The smallest absolute Gasteiger partial charge is 0.276 e. The lowest BCUT2D eigenvalue weighted by Crippen LogP contribution is -2.02. The first kappa shape index (κ1) is 13.6. The van der Waals surface area contributed by atoms with E-state index in [2.05, 4.69) is 0 Å². The van der Waals surface area contributed by atoms with E-state index in [4.69, 9.17) is 0 Å². The topological polar surface area (TPSA) is 107 Å². The van der Waals surface area contributed by atoms with Crippen LogP contribution >= 0.6 is 0 Å². The molecule has 2 aromatic carbocycles. The fourth-order valence-electron chi connectivity index (χ4n) is 1.81. The van der Waals surface area contributed by atoms with Gasteiger partial charge in [-0.1, -0.05) is 30.3 Å². The molecule has 0 aromatic heterocycles. The highest BCUT2D eigenvalue weighted by molar-refractivity contribution is 5.48. The number of aliphatic hydroxyl groups excluding tert-OH is 1. The van der Waals surface area contributed by atoms with Crippen molar-refractivity contribution in [2.24, 2.45) is 0 Å². The van der Waals surface area contributed by atoms with E-state index in [1.807, 2.05) is 0 Å². The molecule has 0 heterocycles. The Hall–Kier alpha value is -2.80. The number of nitro benzene ring substituents is 2. The lowest BCUT2D eigenvalue weighted by molar-refractivity contribution is -0.394. The summed E-state index contributed by atoms with van der Waals surface area (Å²) in [6.07, 6.45) is -1.16. The van der Waals surface area contributed by atoms with Crippen LogP contribution in [0.15, 0.2) is 48.5 Å². The fourth-order valence-corrected chi connectivity index (χ4v) is 1.81. The minimum Gasteiger partial charge on any atom is -0.384 e. The number of aliphatic hydroxyl groups is 1. The average Bonchev–Trinajstić information content (AvgIpc) is 2.46. The van der Waals surface area contributed by atoms with Gasteiger partial charge >= 0.3 is 0 Å². The summed E-state index contributed by atoms with van der Waals surface area (Å²) in [7, 11) is 0. The summed E-state index contributed by atoms with van der Waals surface area (Å²) in [5, 5.41) is 31.7. The molecule has 0 radical (unpaired) electrons. The van der Waals surface area contributed by atoms with Crippen LogP contribution in [0, 0.1) is 20.2 Å². The Bertz CT molecular complexity index is 625. The molecule has 2 rings (SSSR count). The predicted octanol–water partition coefficient (Wildman–Crippen LogP) is 2.58. The van der Waals surface area contributed by atoms with E-state index in [1.54, 1.807) is 30.3 Å². The summed E-state index contributed by atoms with van der Waals surface area (Å²) in [4.78, 5) is 20.1. The first-order chi connectivity index (χ1) is 9.49. The van der Waals surface area contributed by atoms with Crippen LogP contribution in [0.5, 0.6) is 0 Å². The van der Waals surface area contributed by atoms with E-state index < -0.39 is 27.3 Å². The number of non-ortho nitro benzene ring substituents is 2. The molecule has 2 aromatic rings. The van der Waals surface area contributed by atoms with E-state index >= 15 is 0 Å². The van der Waals surface area contributed by atoms with Crippen LogP contribution in [-0.4, -0.2) is 15.0 Å². The van der Waals surface area contributed by atoms with Crippen molar-refractivity contribution in [3.63, 3.8) is 0 Å². The monoisotopic (exact) mass is 274 g/mol. The average molecular weight is 274 g/mol. The number of nitrogens with zero attached hydrogens (tertiary/aromatic N) is 2. The standard InChI is InChI=1S/C13H10N2O5/c16-13(9-4-2-1-3-5-9)10-6-11(14(17)18)8-12(7-10)15(19)20/h1-8,13,16H. The summed E-state index contributed by atoms with van der Waals surface area (Å²) >= 11 is 0. The van der Waals surface area contributed by atoms with Crippen molar-refractivity contribution in [2.45, 2.75) is 6.10 Å². The van der Waals surface area contributed by atoms with Gasteiger partial charge in [0, 0.05) is 12.1 Å². The van der Waals surface area contributed by atoms with Gasteiger partial charge in [0.05, 0.1) is 15.9 Å². The highest BCUT2D eigenvalue weighted by Gasteiger charge is 2.20. The summed E-state index contributed by atoms with van der Waals surface area (Å²) in [5.41, 5.74) is -0.243. The van der Waals surface area contributed by atoms with E-state index in [9.17, 15) is 25.3 Å². The maximum Gasteiger partial charge on any atom is 0.276 e. The summed E-state index contributed by atoms with van der Waals surface area (Å²) < 4.78 is 0.